The first-order valence-corrected chi connectivity index (χ1v) is 7.40. The van der Waals surface area contributed by atoms with Gasteiger partial charge in [0.2, 0.25) is 11.8 Å². The monoisotopic (exact) mass is 327 g/mol. The van der Waals surface area contributed by atoms with Crippen LogP contribution in [0.4, 0.5) is 0 Å². The van der Waals surface area contributed by atoms with Gasteiger partial charge in [-0.3, -0.25) is 9.59 Å². The largest absolute Gasteiger partial charge is 0.351 e. The third-order valence-electron chi connectivity index (χ3n) is 3.18. The average molecular weight is 328 g/mol. The SMILES string of the molecule is CCCC(NC(=O)Cc1ccccc1)C(=O)N[C@@H](C)CN.Cl. The molecule has 0 radical (unpaired) electrons. The minimum absolute atomic E-state index is 0. The average Bonchev–Trinajstić information content (AvgIpc) is 2.47. The van der Waals surface area contributed by atoms with E-state index in [0.717, 1.165) is 12.0 Å². The molecule has 6 heteroatoms. The van der Waals surface area contributed by atoms with Crippen LogP contribution in [0.5, 0.6) is 0 Å². The highest BCUT2D eigenvalue weighted by molar-refractivity contribution is 5.88. The van der Waals surface area contributed by atoms with Crippen molar-refractivity contribution >= 4 is 24.2 Å². The Kier molecular flexibility index (Phi) is 10.2. The molecule has 1 aromatic rings. The first-order valence-electron chi connectivity index (χ1n) is 7.40. The summed E-state index contributed by atoms with van der Waals surface area (Å²) in [5.41, 5.74) is 6.43. The van der Waals surface area contributed by atoms with Gasteiger partial charge in [-0.25, -0.2) is 0 Å². The second-order valence-electron chi connectivity index (χ2n) is 5.22. The maximum absolute atomic E-state index is 12.1. The van der Waals surface area contributed by atoms with Crippen molar-refractivity contribution < 1.29 is 9.59 Å². The fourth-order valence-electron chi connectivity index (χ4n) is 1.99. The zero-order valence-corrected chi connectivity index (χ0v) is 14.0. The molecule has 1 unspecified atom stereocenters. The van der Waals surface area contributed by atoms with Crippen molar-refractivity contribution in [3.8, 4) is 0 Å². The molecule has 2 atom stereocenters. The number of nitrogens with two attached hydrogens (primary N) is 1. The lowest BCUT2D eigenvalue weighted by Crippen LogP contribution is -2.50. The molecule has 4 N–H and O–H groups in total. The van der Waals surface area contributed by atoms with E-state index in [1.807, 2.05) is 44.2 Å². The standard InChI is InChI=1S/C16H25N3O2.ClH/c1-3-7-14(16(21)18-12(2)11-17)19-15(20)10-13-8-5-4-6-9-13;/h4-6,8-9,12,14H,3,7,10-11,17H2,1-2H3,(H,18,21)(H,19,20);1H/t12-,14?;/m0./s1. The van der Waals surface area contributed by atoms with Crippen molar-refractivity contribution in [3.63, 3.8) is 0 Å². The summed E-state index contributed by atoms with van der Waals surface area (Å²) in [6.07, 6.45) is 1.71. The van der Waals surface area contributed by atoms with Crippen LogP contribution in [0.2, 0.25) is 0 Å². The van der Waals surface area contributed by atoms with Gasteiger partial charge in [-0.15, -0.1) is 12.4 Å². The molecule has 22 heavy (non-hydrogen) atoms. The molecular weight excluding hydrogens is 302 g/mol. The summed E-state index contributed by atoms with van der Waals surface area (Å²) in [7, 11) is 0. The molecule has 0 fully saturated rings. The Balaban J connectivity index is 0.00000441. The van der Waals surface area contributed by atoms with Gasteiger partial charge in [-0.05, 0) is 18.9 Å². The molecule has 0 bridgehead atoms. The van der Waals surface area contributed by atoms with Gasteiger partial charge in [0.1, 0.15) is 6.04 Å². The zero-order valence-electron chi connectivity index (χ0n) is 13.2. The summed E-state index contributed by atoms with van der Waals surface area (Å²) in [5.74, 6) is -0.314. The normalized spacial score (nSPS) is 12.7. The molecule has 0 aliphatic rings. The molecule has 124 valence electrons. The number of hydrogen-bond acceptors (Lipinski definition) is 3. The van der Waals surface area contributed by atoms with Crippen LogP contribution >= 0.6 is 12.4 Å². The van der Waals surface area contributed by atoms with Crippen LogP contribution in [0, 0.1) is 0 Å². The molecule has 5 nitrogen and oxygen atoms in total. The van der Waals surface area contributed by atoms with Gasteiger partial charge in [0.15, 0.2) is 0 Å². The first kappa shape index (κ1) is 20.4. The van der Waals surface area contributed by atoms with Crippen molar-refractivity contribution in [2.45, 2.75) is 45.2 Å². The predicted molar refractivity (Wildman–Crippen MR) is 90.9 cm³/mol. The Morgan fingerprint density at radius 2 is 1.82 bits per heavy atom. The molecule has 0 aliphatic carbocycles. The zero-order chi connectivity index (χ0) is 15.7. The summed E-state index contributed by atoms with van der Waals surface area (Å²) in [4.78, 5) is 24.2. The lowest BCUT2D eigenvalue weighted by Gasteiger charge is -2.20. The van der Waals surface area contributed by atoms with Crippen molar-refractivity contribution in [1.82, 2.24) is 10.6 Å². The number of hydrogen-bond donors (Lipinski definition) is 3. The van der Waals surface area contributed by atoms with Crippen LogP contribution in [-0.4, -0.2) is 30.4 Å². The summed E-state index contributed by atoms with van der Waals surface area (Å²) in [6.45, 7) is 4.20. The third-order valence-corrected chi connectivity index (χ3v) is 3.18. The van der Waals surface area contributed by atoms with Crippen LogP contribution in [0.3, 0.4) is 0 Å². The van der Waals surface area contributed by atoms with E-state index in [9.17, 15) is 9.59 Å². The van der Waals surface area contributed by atoms with E-state index in [1.54, 1.807) is 0 Å². The minimum atomic E-state index is -0.500. The van der Waals surface area contributed by atoms with Gasteiger partial charge in [-0.2, -0.15) is 0 Å². The topological polar surface area (TPSA) is 84.2 Å². The minimum Gasteiger partial charge on any atom is -0.351 e. The Labute approximate surface area is 138 Å². The highest BCUT2D eigenvalue weighted by atomic mass is 35.5. The van der Waals surface area contributed by atoms with E-state index in [4.69, 9.17) is 5.73 Å². The van der Waals surface area contributed by atoms with E-state index < -0.39 is 6.04 Å². The van der Waals surface area contributed by atoms with Crippen LogP contribution < -0.4 is 16.4 Å². The van der Waals surface area contributed by atoms with Crippen molar-refractivity contribution in [3.05, 3.63) is 35.9 Å². The quantitative estimate of drug-likeness (QED) is 0.674. The van der Waals surface area contributed by atoms with Crippen molar-refractivity contribution in [1.29, 1.82) is 0 Å². The lowest BCUT2D eigenvalue weighted by atomic mass is 10.1. The number of carbonyl (C=O) groups is 2. The summed E-state index contributed by atoms with van der Waals surface area (Å²) >= 11 is 0. The van der Waals surface area contributed by atoms with Crippen LogP contribution in [-0.2, 0) is 16.0 Å². The predicted octanol–water partition coefficient (Wildman–Crippen LogP) is 1.40. The van der Waals surface area contributed by atoms with Gasteiger partial charge in [-0.1, -0.05) is 43.7 Å². The Hall–Kier alpha value is -1.59. The number of carbonyl (C=O) groups excluding carboxylic acids is 2. The van der Waals surface area contributed by atoms with E-state index in [1.165, 1.54) is 0 Å². The highest BCUT2D eigenvalue weighted by Crippen LogP contribution is 2.02. The van der Waals surface area contributed by atoms with Gasteiger partial charge in [0, 0.05) is 12.6 Å². The molecule has 1 aromatic carbocycles. The van der Waals surface area contributed by atoms with Crippen LogP contribution in [0.25, 0.3) is 0 Å². The Morgan fingerprint density at radius 3 is 2.36 bits per heavy atom. The fraction of sp³-hybridized carbons (Fsp3) is 0.500. The number of halogens is 1. The summed E-state index contributed by atoms with van der Waals surface area (Å²) < 4.78 is 0. The summed E-state index contributed by atoms with van der Waals surface area (Å²) in [6, 6.07) is 8.88. The molecule has 0 spiro atoms. The molecule has 0 aliphatic heterocycles. The first-order chi connectivity index (χ1) is 10.1. The van der Waals surface area contributed by atoms with E-state index in [-0.39, 0.29) is 36.7 Å². The number of benzene rings is 1. The molecule has 1 rings (SSSR count). The maximum atomic E-state index is 12.1. The van der Waals surface area contributed by atoms with E-state index in [0.29, 0.717) is 13.0 Å². The molecule has 2 amide bonds. The molecule has 0 saturated carbocycles. The number of rotatable bonds is 8. The van der Waals surface area contributed by atoms with Crippen molar-refractivity contribution in [2.75, 3.05) is 6.54 Å². The molecule has 0 heterocycles. The van der Waals surface area contributed by atoms with Gasteiger partial charge in [0.25, 0.3) is 0 Å². The smallest absolute Gasteiger partial charge is 0.242 e. The Morgan fingerprint density at radius 1 is 1.18 bits per heavy atom. The van der Waals surface area contributed by atoms with E-state index in [2.05, 4.69) is 10.6 Å². The highest BCUT2D eigenvalue weighted by Gasteiger charge is 2.20. The van der Waals surface area contributed by atoms with Crippen molar-refractivity contribution in [2.24, 2.45) is 5.73 Å². The molecule has 0 saturated heterocycles. The van der Waals surface area contributed by atoms with Gasteiger partial charge < -0.3 is 16.4 Å². The lowest BCUT2D eigenvalue weighted by molar-refractivity contribution is -0.129. The van der Waals surface area contributed by atoms with Gasteiger partial charge >= 0.3 is 0 Å². The maximum Gasteiger partial charge on any atom is 0.242 e. The van der Waals surface area contributed by atoms with Crippen LogP contribution in [0.1, 0.15) is 32.3 Å². The number of nitrogens with one attached hydrogen (secondary N) is 2. The molecule has 0 aromatic heterocycles. The molecular formula is C16H26ClN3O2. The van der Waals surface area contributed by atoms with Gasteiger partial charge in [0.05, 0.1) is 6.42 Å². The Bertz CT molecular complexity index is 454. The second kappa shape index (κ2) is 11.0. The number of amides is 2. The van der Waals surface area contributed by atoms with E-state index >= 15 is 0 Å². The van der Waals surface area contributed by atoms with Crippen LogP contribution in [0.15, 0.2) is 30.3 Å². The summed E-state index contributed by atoms with van der Waals surface area (Å²) in [5, 5.41) is 5.61. The second-order valence-corrected chi connectivity index (χ2v) is 5.22. The fourth-order valence-corrected chi connectivity index (χ4v) is 1.99. The third kappa shape index (κ3) is 7.43.